The third-order valence-corrected chi connectivity index (χ3v) is 1.19. The maximum Gasteiger partial charge on any atom is 0.142 e. The number of carbonyl (C=O) groups excluding carboxylic acids is 1. The fourth-order valence-corrected chi connectivity index (χ4v) is 0.810. The second-order valence-corrected chi connectivity index (χ2v) is 3.19. The van der Waals surface area contributed by atoms with E-state index in [0.29, 0.717) is 18.3 Å². The number of aldehydes is 1. The van der Waals surface area contributed by atoms with Crippen LogP contribution in [0.4, 0.5) is 0 Å². The van der Waals surface area contributed by atoms with Gasteiger partial charge in [-0.2, -0.15) is 0 Å². The number of hydrogen-bond acceptors (Lipinski definition) is 3. The summed E-state index contributed by atoms with van der Waals surface area (Å²) in [6, 6.07) is 0. The molecular formula is C9H14O3. The van der Waals surface area contributed by atoms with E-state index in [-0.39, 0.29) is 0 Å². The lowest BCUT2D eigenvalue weighted by atomic mass is 9.99. The van der Waals surface area contributed by atoms with Gasteiger partial charge < -0.3 is 10.2 Å². The monoisotopic (exact) mass is 170 g/mol. The van der Waals surface area contributed by atoms with Crippen LogP contribution in [0.2, 0.25) is 0 Å². The zero-order chi connectivity index (χ0) is 9.61. The maximum atomic E-state index is 9.93. The second-order valence-electron chi connectivity index (χ2n) is 3.19. The van der Waals surface area contributed by atoms with Crippen molar-refractivity contribution < 1.29 is 15.0 Å². The van der Waals surface area contributed by atoms with Crippen molar-refractivity contribution in [2.24, 2.45) is 0 Å². The van der Waals surface area contributed by atoms with Gasteiger partial charge in [-0.3, -0.25) is 4.79 Å². The van der Waals surface area contributed by atoms with Gasteiger partial charge in [-0.25, -0.2) is 0 Å². The summed E-state index contributed by atoms with van der Waals surface area (Å²) in [5, 5.41) is 18.0. The van der Waals surface area contributed by atoms with Crippen molar-refractivity contribution >= 4 is 6.29 Å². The summed E-state index contributed by atoms with van der Waals surface area (Å²) in [6.07, 6.45) is 4.55. The molecule has 0 amide bonds. The highest BCUT2D eigenvalue weighted by Crippen LogP contribution is 2.15. The molecule has 0 aromatic rings. The fourth-order valence-electron chi connectivity index (χ4n) is 0.810. The van der Waals surface area contributed by atoms with E-state index in [0.717, 1.165) is 6.26 Å². The Balaban J connectivity index is 4.21. The molecule has 0 aliphatic rings. The SMILES string of the molecule is CC(C)(O)CC(C=CC=O)=CO. The maximum absolute atomic E-state index is 9.93. The highest BCUT2D eigenvalue weighted by molar-refractivity contribution is 5.65. The van der Waals surface area contributed by atoms with E-state index in [1.54, 1.807) is 13.8 Å². The van der Waals surface area contributed by atoms with Crippen LogP contribution in [-0.4, -0.2) is 22.1 Å². The molecule has 0 aromatic carbocycles. The Morgan fingerprint density at radius 3 is 2.42 bits per heavy atom. The lowest BCUT2D eigenvalue weighted by Gasteiger charge is -2.16. The Kier molecular flexibility index (Phi) is 4.29. The predicted octanol–water partition coefficient (Wildman–Crippen LogP) is 1.34. The van der Waals surface area contributed by atoms with Crippen LogP contribution >= 0.6 is 0 Å². The van der Waals surface area contributed by atoms with Crippen LogP contribution in [0.1, 0.15) is 20.3 Å². The van der Waals surface area contributed by atoms with E-state index in [4.69, 9.17) is 5.11 Å². The van der Waals surface area contributed by atoms with Gasteiger partial charge in [0, 0.05) is 6.42 Å². The van der Waals surface area contributed by atoms with Crippen LogP contribution in [0.3, 0.4) is 0 Å². The third-order valence-electron chi connectivity index (χ3n) is 1.19. The number of hydrogen-bond donors (Lipinski definition) is 2. The minimum Gasteiger partial charge on any atom is -0.515 e. The van der Waals surface area contributed by atoms with Gasteiger partial charge in [-0.15, -0.1) is 0 Å². The summed E-state index contributed by atoms with van der Waals surface area (Å²) in [5.41, 5.74) is -0.350. The van der Waals surface area contributed by atoms with Gasteiger partial charge >= 0.3 is 0 Å². The molecule has 3 nitrogen and oxygen atoms in total. The zero-order valence-corrected chi connectivity index (χ0v) is 7.32. The van der Waals surface area contributed by atoms with Gasteiger partial charge in [0.25, 0.3) is 0 Å². The molecular weight excluding hydrogens is 156 g/mol. The minimum atomic E-state index is -0.873. The average molecular weight is 170 g/mol. The number of aliphatic hydroxyl groups excluding tert-OH is 1. The number of rotatable bonds is 4. The first-order valence-corrected chi connectivity index (χ1v) is 3.67. The molecule has 0 bridgehead atoms. The van der Waals surface area contributed by atoms with E-state index < -0.39 is 5.60 Å². The topological polar surface area (TPSA) is 57.5 Å². The molecule has 0 rings (SSSR count). The number of allylic oxidation sites excluding steroid dienone is 2. The Labute approximate surface area is 72.0 Å². The van der Waals surface area contributed by atoms with Crippen molar-refractivity contribution in [3.05, 3.63) is 24.0 Å². The molecule has 0 saturated heterocycles. The summed E-state index contributed by atoms with van der Waals surface area (Å²) in [5.74, 6) is 0. The van der Waals surface area contributed by atoms with Crippen LogP contribution in [-0.2, 0) is 4.79 Å². The zero-order valence-electron chi connectivity index (χ0n) is 7.32. The molecule has 2 N–H and O–H groups in total. The van der Waals surface area contributed by atoms with Crippen molar-refractivity contribution in [1.29, 1.82) is 0 Å². The van der Waals surface area contributed by atoms with E-state index in [2.05, 4.69) is 0 Å². The summed E-state index contributed by atoms with van der Waals surface area (Å²) in [7, 11) is 0. The van der Waals surface area contributed by atoms with Crippen molar-refractivity contribution in [3.63, 3.8) is 0 Å². The largest absolute Gasteiger partial charge is 0.515 e. The summed E-state index contributed by atoms with van der Waals surface area (Å²) in [6.45, 7) is 3.26. The molecule has 12 heavy (non-hydrogen) atoms. The van der Waals surface area contributed by atoms with E-state index in [1.807, 2.05) is 0 Å². The molecule has 68 valence electrons. The summed E-state index contributed by atoms with van der Waals surface area (Å²) in [4.78, 5) is 9.93. The van der Waals surface area contributed by atoms with Gasteiger partial charge in [-0.1, -0.05) is 6.08 Å². The molecule has 0 aliphatic heterocycles. The molecule has 0 saturated carbocycles. The van der Waals surface area contributed by atoms with E-state index in [9.17, 15) is 9.90 Å². The van der Waals surface area contributed by atoms with Crippen molar-refractivity contribution in [2.75, 3.05) is 0 Å². The van der Waals surface area contributed by atoms with Gasteiger partial charge in [0.15, 0.2) is 0 Å². The van der Waals surface area contributed by atoms with Crippen molar-refractivity contribution in [3.8, 4) is 0 Å². The average Bonchev–Trinajstić information content (AvgIpc) is 1.95. The molecule has 0 radical (unpaired) electrons. The van der Waals surface area contributed by atoms with Crippen LogP contribution in [0.15, 0.2) is 24.0 Å². The standard InChI is InChI=1S/C9H14O3/c1-9(2,12)6-8(7-11)4-3-5-10/h3-5,7,11-12H,6H2,1-2H3. The van der Waals surface area contributed by atoms with Crippen LogP contribution in [0, 0.1) is 0 Å². The molecule has 0 spiro atoms. The van der Waals surface area contributed by atoms with Crippen LogP contribution in [0.25, 0.3) is 0 Å². The molecule has 0 fully saturated rings. The number of carbonyl (C=O) groups is 1. The predicted molar refractivity (Wildman–Crippen MR) is 46.8 cm³/mol. The molecule has 0 unspecified atom stereocenters. The van der Waals surface area contributed by atoms with Crippen LogP contribution < -0.4 is 0 Å². The summed E-state index contributed by atoms with van der Waals surface area (Å²) < 4.78 is 0. The van der Waals surface area contributed by atoms with E-state index in [1.165, 1.54) is 12.2 Å². The Bertz CT molecular complexity index is 196. The quantitative estimate of drug-likeness (QED) is 0.290. The molecule has 3 heteroatoms. The molecule has 0 heterocycles. The number of aliphatic hydroxyl groups is 2. The fraction of sp³-hybridized carbons (Fsp3) is 0.444. The first-order chi connectivity index (χ1) is 5.49. The molecule has 0 aromatic heterocycles. The second kappa shape index (κ2) is 4.72. The first kappa shape index (κ1) is 10.9. The smallest absolute Gasteiger partial charge is 0.142 e. The third kappa shape index (κ3) is 5.68. The van der Waals surface area contributed by atoms with Crippen molar-refractivity contribution in [2.45, 2.75) is 25.9 Å². The normalized spacial score (nSPS) is 13.8. The lowest BCUT2D eigenvalue weighted by Crippen LogP contribution is -2.18. The van der Waals surface area contributed by atoms with Crippen LogP contribution in [0.5, 0.6) is 0 Å². The first-order valence-electron chi connectivity index (χ1n) is 3.67. The summed E-state index contributed by atoms with van der Waals surface area (Å²) >= 11 is 0. The van der Waals surface area contributed by atoms with Gasteiger partial charge in [-0.05, 0) is 25.5 Å². The Morgan fingerprint density at radius 1 is 1.50 bits per heavy atom. The molecule has 0 aliphatic carbocycles. The van der Waals surface area contributed by atoms with E-state index >= 15 is 0 Å². The highest BCUT2D eigenvalue weighted by atomic mass is 16.3. The van der Waals surface area contributed by atoms with Gasteiger partial charge in [0.1, 0.15) is 6.29 Å². The molecule has 0 atom stereocenters. The Hall–Kier alpha value is -1.09. The highest BCUT2D eigenvalue weighted by Gasteiger charge is 2.13. The lowest BCUT2D eigenvalue weighted by molar-refractivity contribution is -0.104. The van der Waals surface area contributed by atoms with Gasteiger partial charge in [0.2, 0.25) is 0 Å². The van der Waals surface area contributed by atoms with Crippen molar-refractivity contribution in [1.82, 2.24) is 0 Å². The minimum absolute atomic E-state index is 0.313. The Morgan fingerprint density at radius 2 is 2.08 bits per heavy atom. The van der Waals surface area contributed by atoms with Gasteiger partial charge in [0.05, 0.1) is 11.9 Å².